The second-order valence-corrected chi connectivity index (χ2v) is 6.02. The van der Waals surface area contributed by atoms with Crippen molar-refractivity contribution in [1.82, 2.24) is 0 Å². The molecule has 0 N–H and O–H groups in total. The molecule has 4 heteroatoms. The van der Waals surface area contributed by atoms with E-state index in [0.717, 1.165) is 10.5 Å². The monoisotopic (exact) mass is 322 g/mol. The van der Waals surface area contributed by atoms with E-state index in [-0.39, 0.29) is 5.78 Å². The Morgan fingerprint density at radius 1 is 1.10 bits per heavy atom. The predicted molar refractivity (Wildman–Crippen MR) is 87.0 cm³/mol. The summed E-state index contributed by atoms with van der Waals surface area (Å²) in [6.07, 6.45) is 1.53. The summed E-state index contributed by atoms with van der Waals surface area (Å²) in [6.45, 7) is 1.99. The molecule has 0 unspecified atom stereocenters. The number of benzene rings is 2. The van der Waals surface area contributed by atoms with E-state index in [0.29, 0.717) is 15.6 Å². The van der Waals surface area contributed by atoms with Gasteiger partial charge in [-0.3, -0.25) is 4.79 Å². The number of aryl methyl sites for hydroxylation is 1. The van der Waals surface area contributed by atoms with Gasteiger partial charge in [-0.25, -0.2) is 0 Å². The Hall–Kier alpha value is -1.22. The average Bonchev–Trinajstić information content (AvgIpc) is 2.43. The molecule has 2 aromatic carbocycles. The summed E-state index contributed by atoms with van der Waals surface area (Å²) < 4.78 is 0. The van der Waals surface area contributed by atoms with E-state index >= 15 is 0 Å². The number of carbonyl (C=O) groups is 1. The summed E-state index contributed by atoms with van der Waals surface area (Å²) in [7, 11) is 0. The molecule has 20 heavy (non-hydrogen) atoms. The molecule has 102 valence electrons. The van der Waals surface area contributed by atoms with E-state index in [9.17, 15) is 4.79 Å². The van der Waals surface area contributed by atoms with Gasteiger partial charge in [-0.1, -0.05) is 64.8 Å². The number of thioether (sulfide) groups is 1. The van der Waals surface area contributed by atoms with Gasteiger partial charge in [0.15, 0.2) is 5.78 Å². The van der Waals surface area contributed by atoms with Gasteiger partial charge < -0.3 is 0 Å². The molecule has 0 bridgehead atoms. The molecule has 0 spiro atoms. The van der Waals surface area contributed by atoms with E-state index in [4.69, 9.17) is 23.2 Å². The third-order valence-electron chi connectivity index (χ3n) is 2.64. The highest BCUT2D eigenvalue weighted by molar-refractivity contribution is 8.02. The van der Waals surface area contributed by atoms with Crippen molar-refractivity contribution in [2.75, 3.05) is 0 Å². The Labute approximate surface area is 132 Å². The SMILES string of the molecule is Cc1ccc(C(=O)/C=C/Sc2cc(Cl)ccc2Cl)cc1. The van der Waals surface area contributed by atoms with Crippen LogP contribution in [0.5, 0.6) is 0 Å². The van der Waals surface area contributed by atoms with Crippen LogP contribution in [0.25, 0.3) is 0 Å². The summed E-state index contributed by atoms with van der Waals surface area (Å²) in [6, 6.07) is 12.7. The van der Waals surface area contributed by atoms with Crippen molar-refractivity contribution in [2.45, 2.75) is 11.8 Å². The van der Waals surface area contributed by atoms with Crippen molar-refractivity contribution >= 4 is 40.7 Å². The van der Waals surface area contributed by atoms with Gasteiger partial charge in [-0.05, 0) is 36.6 Å². The Morgan fingerprint density at radius 3 is 2.50 bits per heavy atom. The van der Waals surface area contributed by atoms with Crippen LogP contribution in [0.3, 0.4) is 0 Å². The van der Waals surface area contributed by atoms with Crippen molar-refractivity contribution in [2.24, 2.45) is 0 Å². The van der Waals surface area contributed by atoms with Crippen LogP contribution >= 0.6 is 35.0 Å². The Morgan fingerprint density at radius 2 is 1.80 bits per heavy atom. The fraction of sp³-hybridized carbons (Fsp3) is 0.0625. The number of halogens is 2. The maximum atomic E-state index is 11.9. The van der Waals surface area contributed by atoms with Gasteiger partial charge in [-0.2, -0.15) is 0 Å². The third-order valence-corrected chi connectivity index (χ3v) is 4.18. The van der Waals surface area contributed by atoms with Crippen LogP contribution < -0.4 is 0 Å². The first kappa shape index (κ1) is 15.2. The Kier molecular flexibility index (Phi) is 5.30. The van der Waals surface area contributed by atoms with Crippen LogP contribution in [0.15, 0.2) is 58.8 Å². The van der Waals surface area contributed by atoms with Crippen LogP contribution in [-0.2, 0) is 0 Å². The molecule has 1 nitrogen and oxygen atoms in total. The van der Waals surface area contributed by atoms with Crippen LogP contribution in [0.4, 0.5) is 0 Å². The highest BCUT2D eigenvalue weighted by atomic mass is 35.5. The number of rotatable bonds is 4. The first-order chi connectivity index (χ1) is 9.56. The number of carbonyl (C=O) groups excluding carboxylic acids is 1. The van der Waals surface area contributed by atoms with Gasteiger partial charge in [0.25, 0.3) is 0 Å². The van der Waals surface area contributed by atoms with E-state index in [1.165, 1.54) is 17.8 Å². The maximum Gasteiger partial charge on any atom is 0.186 e. The van der Waals surface area contributed by atoms with Crippen LogP contribution in [0.1, 0.15) is 15.9 Å². The molecule has 0 amide bonds. The van der Waals surface area contributed by atoms with Gasteiger partial charge in [-0.15, -0.1) is 0 Å². The molecular formula is C16H12Cl2OS. The lowest BCUT2D eigenvalue weighted by molar-refractivity contribution is 0.104. The molecule has 0 atom stereocenters. The van der Waals surface area contributed by atoms with Crippen molar-refractivity contribution in [3.63, 3.8) is 0 Å². The minimum atomic E-state index is -0.0318. The van der Waals surface area contributed by atoms with E-state index in [1.54, 1.807) is 23.6 Å². The maximum absolute atomic E-state index is 11.9. The predicted octanol–water partition coefficient (Wildman–Crippen LogP) is 5.79. The van der Waals surface area contributed by atoms with Crippen LogP contribution in [-0.4, -0.2) is 5.78 Å². The topological polar surface area (TPSA) is 17.1 Å². The molecule has 0 fully saturated rings. The minimum Gasteiger partial charge on any atom is -0.289 e. The molecule has 2 aromatic rings. The van der Waals surface area contributed by atoms with E-state index < -0.39 is 0 Å². The molecule has 0 aliphatic carbocycles. The van der Waals surface area contributed by atoms with E-state index in [1.807, 2.05) is 31.2 Å². The van der Waals surface area contributed by atoms with Crippen molar-refractivity contribution in [3.05, 3.63) is 75.1 Å². The Bertz CT molecular complexity index is 648. The summed E-state index contributed by atoms with van der Waals surface area (Å²) >= 11 is 13.3. The van der Waals surface area contributed by atoms with Gasteiger partial charge in [0.2, 0.25) is 0 Å². The number of hydrogen-bond donors (Lipinski definition) is 0. The lowest BCUT2D eigenvalue weighted by atomic mass is 10.1. The number of ketones is 1. The second-order valence-electron chi connectivity index (χ2n) is 4.23. The van der Waals surface area contributed by atoms with Crippen LogP contribution in [0, 0.1) is 6.92 Å². The second kappa shape index (κ2) is 6.98. The fourth-order valence-corrected chi connectivity index (χ4v) is 2.75. The van der Waals surface area contributed by atoms with E-state index in [2.05, 4.69) is 0 Å². The van der Waals surface area contributed by atoms with Crippen LogP contribution in [0.2, 0.25) is 10.0 Å². The first-order valence-electron chi connectivity index (χ1n) is 5.95. The molecule has 0 aliphatic rings. The molecule has 0 aliphatic heterocycles. The zero-order valence-electron chi connectivity index (χ0n) is 10.8. The third kappa shape index (κ3) is 4.14. The lowest BCUT2D eigenvalue weighted by Gasteiger charge is -2.00. The smallest absolute Gasteiger partial charge is 0.186 e. The standard InChI is InChI=1S/C16H12Cl2OS/c1-11-2-4-12(5-3-11)15(19)8-9-20-16-10-13(17)6-7-14(16)18/h2-10H,1H3/b9-8+. The van der Waals surface area contributed by atoms with Crippen molar-refractivity contribution < 1.29 is 4.79 Å². The zero-order valence-corrected chi connectivity index (χ0v) is 13.1. The number of hydrogen-bond acceptors (Lipinski definition) is 2. The fourth-order valence-electron chi connectivity index (χ4n) is 1.55. The van der Waals surface area contributed by atoms with Crippen molar-refractivity contribution in [3.8, 4) is 0 Å². The molecule has 0 heterocycles. The molecule has 0 radical (unpaired) electrons. The van der Waals surface area contributed by atoms with Crippen molar-refractivity contribution in [1.29, 1.82) is 0 Å². The molecule has 2 rings (SSSR count). The highest BCUT2D eigenvalue weighted by Crippen LogP contribution is 2.30. The van der Waals surface area contributed by atoms with Gasteiger partial charge in [0, 0.05) is 15.5 Å². The van der Waals surface area contributed by atoms with Gasteiger partial charge in [0.05, 0.1) is 5.02 Å². The molecule has 0 aromatic heterocycles. The average molecular weight is 323 g/mol. The molecule has 0 saturated carbocycles. The van der Waals surface area contributed by atoms with Gasteiger partial charge in [0.1, 0.15) is 0 Å². The zero-order chi connectivity index (χ0) is 14.5. The Balaban J connectivity index is 2.04. The quantitative estimate of drug-likeness (QED) is 0.402. The summed E-state index contributed by atoms with van der Waals surface area (Å²) in [5.41, 5.74) is 1.80. The first-order valence-corrected chi connectivity index (χ1v) is 7.59. The largest absolute Gasteiger partial charge is 0.289 e. The normalized spacial score (nSPS) is 10.9. The molecular weight excluding hydrogens is 311 g/mol. The highest BCUT2D eigenvalue weighted by Gasteiger charge is 2.02. The lowest BCUT2D eigenvalue weighted by Crippen LogP contribution is -1.93. The number of allylic oxidation sites excluding steroid dienone is 1. The molecule has 0 saturated heterocycles. The van der Waals surface area contributed by atoms with Gasteiger partial charge >= 0.3 is 0 Å². The summed E-state index contributed by atoms with van der Waals surface area (Å²) in [5.74, 6) is -0.0318. The minimum absolute atomic E-state index is 0.0318. The summed E-state index contributed by atoms with van der Waals surface area (Å²) in [5, 5.41) is 2.96. The summed E-state index contributed by atoms with van der Waals surface area (Å²) in [4.78, 5) is 12.8.